The Morgan fingerprint density at radius 2 is 1.58 bits per heavy atom. The molecule has 0 radical (unpaired) electrons. The van der Waals surface area contributed by atoms with Gasteiger partial charge in [-0.05, 0) is 0 Å². The first-order chi connectivity index (χ1) is 5.62. The van der Waals surface area contributed by atoms with Crippen LogP contribution in [0.1, 0.15) is 39.5 Å². The Morgan fingerprint density at radius 1 is 1.00 bits per heavy atom. The van der Waals surface area contributed by atoms with Gasteiger partial charge in [-0.15, -0.1) is 0 Å². The molecule has 0 fully saturated rings. The van der Waals surface area contributed by atoms with Crippen LogP contribution in [-0.4, -0.2) is 25.4 Å². The topological polar surface area (TPSA) is 9.23 Å². The van der Waals surface area contributed by atoms with Gasteiger partial charge >= 0.3 is 82.3 Å². The van der Waals surface area contributed by atoms with Crippen LogP contribution in [0.2, 0.25) is 14.3 Å². The fourth-order valence-corrected chi connectivity index (χ4v) is 7.01. The van der Waals surface area contributed by atoms with E-state index in [0.29, 0.717) is 0 Å². The average molecular weight is 279 g/mol. The summed E-state index contributed by atoms with van der Waals surface area (Å²) in [5, 5.41) is 0. The summed E-state index contributed by atoms with van der Waals surface area (Å²) in [6.07, 6.45) is 5.19. The molecule has 0 atom stereocenters. The third-order valence-corrected chi connectivity index (χ3v) is 9.38. The zero-order chi connectivity index (χ0) is 9.45. The van der Waals surface area contributed by atoms with Crippen molar-refractivity contribution < 1.29 is 3.07 Å². The normalized spacial score (nSPS) is 12.0. The Balaban J connectivity index is 3.42. The van der Waals surface area contributed by atoms with Crippen LogP contribution in [0.25, 0.3) is 0 Å². The third kappa shape index (κ3) is 7.41. The zero-order valence-electron chi connectivity index (χ0n) is 9.15. The summed E-state index contributed by atoms with van der Waals surface area (Å²) < 4.78 is 7.38. The molecule has 1 nitrogen and oxygen atoms in total. The average Bonchev–Trinajstić information content (AvgIpc) is 2.01. The van der Waals surface area contributed by atoms with Gasteiger partial charge in [-0.25, -0.2) is 0 Å². The SMILES string of the molecule is CCCC[O][Sn]([CH3])([CH3])[CH2]CCC. The molecular weight excluding hydrogens is 255 g/mol. The Labute approximate surface area is 82.3 Å². The molecule has 0 aromatic heterocycles. The second kappa shape index (κ2) is 7.19. The van der Waals surface area contributed by atoms with E-state index in [0.717, 1.165) is 6.61 Å². The van der Waals surface area contributed by atoms with E-state index >= 15 is 0 Å². The van der Waals surface area contributed by atoms with Crippen molar-refractivity contribution in [2.24, 2.45) is 0 Å². The van der Waals surface area contributed by atoms with Gasteiger partial charge in [0.25, 0.3) is 0 Å². The zero-order valence-corrected chi connectivity index (χ0v) is 12.0. The van der Waals surface area contributed by atoms with Crippen molar-refractivity contribution in [3.63, 3.8) is 0 Å². The van der Waals surface area contributed by atoms with Gasteiger partial charge in [0.05, 0.1) is 0 Å². The molecule has 0 unspecified atom stereocenters. The van der Waals surface area contributed by atoms with Crippen molar-refractivity contribution in [3.8, 4) is 0 Å². The first kappa shape index (κ1) is 12.8. The molecule has 0 amide bonds. The standard InChI is InChI=1S/C4H9O.C4H9.2CH3.Sn/c1-2-3-4-5;1-3-4-2;;;/h2-4H2,1H3;1,3-4H2,2H3;2*1H3;/q-1;;;;+1. The first-order valence-corrected chi connectivity index (χ1v) is 14.2. The summed E-state index contributed by atoms with van der Waals surface area (Å²) in [7, 11) is 0. The fourth-order valence-electron chi connectivity index (χ4n) is 1.17. The molecule has 0 N–H and O–H groups in total. The van der Waals surface area contributed by atoms with Crippen LogP contribution in [0.3, 0.4) is 0 Å². The molecule has 0 bridgehead atoms. The van der Waals surface area contributed by atoms with Crippen LogP contribution >= 0.6 is 0 Å². The third-order valence-electron chi connectivity index (χ3n) is 2.12. The molecule has 0 aliphatic carbocycles. The summed E-state index contributed by atoms with van der Waals surface area (Å²) in [5.74, 6) is 0. The van der Waals surface area contributed by atoms with E-state index in [9.17, 15) is 0 Å². The fraction of sp³-hybridized carbons (Fsp3) is 1.00. The molecule has 0 saturated heterocycles. The summed E-state index contributed by atoms with van der Waals surface area (Å²) in [5.41, 5.74) is 0. The number of unbranched alkanes of at least 4 members (excludes halogenated alkanes) is 2. The maximum absolute atomic E-state index is 5.98. The molecule has 0 aliphatic heterocycles. The molecule has 0 saturated carbocycles. The Morgan fingerprint density at radius 3 is 2.08 bits per heavy atom. The molecule has 0 rings (SSSR count). The Bertz CT molecular complexity index is 102. The van der Waals surface area contributed by atoms with Crippen molar-refractivity contribution in [2.45, 2.75) is 53.8 Å². The molecule has 2 heteroatoms. The summed E-state index contributed by atoms with van der Waals surface area (Å²) in [6, 6.07) is 0. The molecule has 0 aromatic carbocycles. The predicted molar refractivity (Wildman–Crippen MR) is 58.1 cm³/mol. The molecular formula is C10H24OSn. The van der Waals surface area contributed by atoms with Crippen LogP contribution in [0.4, 0.5) is 0 Å². The first-order valence-electron chi connectivity index (χ1n) is 5.26. The molecule has 0 aromatic rings. The van der Waals surface area contributed by atoms with E-state index in [4.69, 9.17) is 3.07 Å². The van der Waals surface area contributed by atoms with Gasteiger partial charge in [0.1, 0.15) is 0 Å². The summed E-state index contributed by atoms with van der Waals surface area (Å²) in [6.45, 7) is 5.50. The van der Waals surface area contributed by atoms with Gasteiger partial charge in [0.2, 0.25) is 0 Å². The van der Waals surface area contributed by atoms with E-state index in [-0.39, 0.29) is 0 Å². The van der Waals surface area contributed by atoms with Gasteiger partial charge in [-0.1, -0.05) is 0 Å². The molecule has 0 aliphatic rings. The van der Waals surface area contributed by atoms with Crippen molar-refractivity contribution in [1.82, 2.24) is 0 Å². The molecule has 12 heavy (non-hydrogen) atoms. The summed E-state index contributed by atoms with van der Waals surface area (Å²) >= 11 is -1.96. The van der Waals surface area contributed by atoms with Crippen molar-refractivity contribution in [2.75, 3.05) is 6.61 Å². The van der Waals surface area contributed by atoms with E-state index < -0.39 is 18.8 Å². The van der Waals surface area contributed by atoms with E-state index in [2.05, 4.69) is 23.7 Å². The second-order valence-corrected chi connectivity index (χ2v) is 16.4. The molecule has 0 spiro atoms. The van der Waals surface area contributed by atoms with Crippen molar-refractivity contribution >= 4 is 18.8 Å². The van der Waals surface area contributed by atoms with Gasteiger partial charge in [0, 0.05) is 0 Å². The van der Waals surface area contributed by atoms with E-state index in [1.165, 1.54) is 30.1 Å². The van der Waals surface area contributed by atoms with Gasteiger partial charge < -0.3 is 0 Å². The van der Waals surface area contributed by atoms with Crippen LogP contribution in [0.5, 0.6) is 0 Å². The molecule has 0 heterocycles. The van der Waals surface area contributed by atoms with E-state index in [1.54, 1.807) is 0 Å². The van der Waals surface area contributed by atoms with Crippen LogP contribution < -0.4 is 0 Å². The van der Waals surface area contributed by atoms with Crippen molar-refractivity contribution in [3.05, 3.63) is 0 Å². The predicted octanol–water partition coefficient (Wildman–Crippen LogP) is 3.81. The Hall–Kier alpha value is 0.759. The van der Waals surface area contributed by atoms with Gasteiger partial charge in [-0.3, -0.25) is 0 Å². The van der Waals surface area contributed by atoms with Gasteiger partial charge in [-0.2, -0.15) is 0 Å². The quantitative estimate of drug-likeness (QED) is 0.508. The summed E-state index contributed by atoms with van der Waals surface area (Å²) in [4.78, 5) is 4.81. The van der Waals surface area contributed by atoms with Crippen LogP contribution in [-0.2, 0) is 3.07 Å². The van der Waals surface area contributed by atoms with Crippen LogP contribution in [0, 0.1) is 0 Å². The number of hydrogen-bond acceptors (Lipinski definition) is 1. The molecule has 74 valence electrons. The number of hydrogen-bond donors (Lipinski definition) is 0. The monoisotopic (exact) mass is 280 g/mol. The Kier molecular flexibility index (Phi) is 7.64. The van der Waals surface area contributed by atoms with Crippen LogP contribution in [0.15, 0.2) is 0 Å². The second-order valence-electron chi connectivity index (χ2n) is 4.07. The minimum atomic E-state index is -1.96. The van der Waals surface area contributed by atoms with Crippen molar-refractivity contribution in [1.29, 1.82) is 0 Å². The maximum atomic E-state index is 5.98. The van der Waals surface area contributed by atoms with Gasteiger partial charge in [0.15, 0.2) is 0 Å². The number of rotatable bonds is 7. The minimum absolute atomic E-state index is 1.02. The van der Waals surface area contributed by atoms with E-state index in [1.807, 2.05) is 0 Å².